The molecule has 0 unspecified atom stereocenters. The van der Waals surface area contributed by atoms with Gasteiger partial charge in [-0.05, 0) is 44.0 Å². The fourth-order valence-corrected chi connectivity index (χ4v) is 3.65. The number of esters is 1. The van der Waals surface area contributed by atoms with Gasteiger partial charge in [-0.1, -0.05) is 11.6 Å². The van der Waals surface area contributed by atoms with E-state index in [1.807, 2.05) is 13.0 Å². The van der Waals surface area contributed by atoms with Crippen molar-refractivity contribution in [1.29, 1.82) is 0 Å². The minimum absolute atomic E-state index is 0.127. The van der Waals surface area contributed by atoms with Gasteiger partial charge in [0.15, 0.2) is 11.5 Å². The van der Waals surface area contributed by atoms with Crippen molar-refractivity contribution >= 4 is 28.5 Å². The smallest absolute Gasteiger partial charge is 0.339 e. The first-order valence-electron chi connectivity index (χ1n) is 9.89. The Balaban J connectivity index is 1.53. The quantitative estimate of drug-likeness (QED) is 0.390. The largest absolute Gasteiger partial charge is 0.489 e. The van der Waals surface area contributed by atoms with Crippen molar-refractivity contribution in [2.24, 2.45) is 0 Å². The highest BCUT2D eigenvalue weighted by molar-refractivity contribution is 6.31. The number of halogens is 1. The predicted octanol–water partition coefficient (Wildman–Crippen LogP) is 4.56. The van der Waals surface area contributed by atoms with Gasteiger partial charge in [-0.25, -0.2) is 4.79 Å². The Labute approximate surface area is 183 Å². The molecule has 1 aliphatic heterocycles. The first-order valence-corrected chi connectivity index (χ1v) is 10.3. The number of hydrogen-bond donors (Lipinski definition) is 0. The fourth-order valence-electron chi connectivity index (χ4n) is 3.44. The number of hydrogen-bond acceptors (Lipinski definition) is 7. The van der Waals surface area contributed by atoms with E-state index in [1.54, 1.807) is 31.2 Å². The number of aryl methyl sites for hydroxylation is 1. The highest BCUT2D eigenvalue weighted by atomic mass is 35.5. The summed E-state index contributed by atoms with van der Waals surface area (Å²) in [5.74, 6) is 1.42. The Bertz CT molecular complexity index is 1200. The Kier molecular flexibility index (Phi) is 6.04. The standard InChI is InChI=1S/C23H21ClO7/c1-3-27-22(25)7-6-17-13(2)16-5-4-15(9-19(16)31-23(17)26)28-11-14-8-20-21(10-18(14)24)30-12-29-20/h4-5,8-10H,3,6-7,11-12H2,1-2H3. The third kappa shape index (κ3) is 4.46. The molecule has 8 heteroatoms. The molecule has 162 valence electrons. The Morgan fingerprint density at radius 3 is 2.71 bits per heavy atom. The summed E-state index contributed by atoms with van der Waals surface area (Å²) in [5.41, 5.74) is 1.95. The molecule has 0 spiro atoms. The van der Waals surface area contributed by atoms with E-state index >= 15 is 0 Å². The van der Waals surface area contributed by atoms with Gasteiger partial charge in [0.2, 0.25) is 6.79 Å². The maximum absolute atomic E-state index is 12.5. The van der Waals surface area contributed by atoms with Crippen LogP contribution in [0.15, 0.2) is 39.5 Å². The van der Waals surface area contributed by atoms with Crippen molar-refractivity contribution in [3.05, 3.63) is 62.5 Å². The van der Waals surface area contributed by atoms with Gasteiger partial charge in [-0.2, -0.15) is 0 Å². The average molecular weight is 445 g/mol. The number of carbonyl (C=O) groups excluding carboxylic acids is 1. The lowest BCUT2D eigenvalue weighted by atomic mass is 10.0. The fraction of sp³-hybridized carbons (Fsp3) is 0.304. The molecule has 0 atom stereocenters. The summed E-state index contributed by atoms with van der Waals surface area (Å²) in [6.45, 7) is 4.27. The van der Waals surface area contributed by atoms with Crippen LogP contribution in [0.3, 0.4) is 0 Å². The van der Waals surface area contributed by atoms with Crippen molar-refractivity contribution in [1.82, 2.24) is 0 Å². The second-order valence-electron chi connectivity index (χ2n) is 7.04. The normalized spacial score (nSPS) is 12.2. The monoisotopic (exact) mass is 444 g/mol. The molecular formula is C23H21ClO7. The predicted molar refractivity (Wildman–Crippen MR) is 114 cm³/mol. The van der Waals surface area contributed by atoms with Crippen LogP contribution in [-0.2, 0) is 22.6 Å². The zero-order chi connectivity index (χ0) is 22.0. The lowest BCUT2D eigenvalue weighted by Gasteiger charge is -2.11. The summed E-state index contributed by atoms with van der Waals surface area (Å²) < 4.78 is 27.0. The molecular weight excluding hydrogens is 424 g/mol. The maximum Gasteiger partial charge on any atom is 0.339 e. The zero-order valence-electron chi connectivity index (χ0n) is 17.2. The van der Waals surface area contributed by atoms with Crippen molar-refractivity contribution in [2.45, 2.75) is 33.3 Å². The van der Waals surface area contributed by atoms with E-state index in [-0.39, 0.29) is 32.2 Å². The van der Waals surface area contributed by atoms with Crippen LogP contribution in [0.4, 0.5) is 0 Å². The number of ether oxygens (including phenoxy) is 4. The van der Waals surface area contributed by atoms with Crippen molar-refractivity contribution < 1.29 is 28.2 Å². The van der Waals surface area contributed by atoms with E-state index < -0.39 is 5.63 Å². The first kappa shape index (κ1) is 21.1. The van der Waals surface area contributed by atoms with E-state index in [2.05, 4.69) is 0 Å². The summed E-state index contributed by atoms with van der Waals surface area (Å²) in [5, 5.41) is 1.30. The minimum Gasteiger partial charge on any atom is -0.489 e. The van der Waals surface area contributed by atoms with Gasteiger partial charge >= 0.3 is 11.6 Å². The Morgan fingerprint density at radius 1 is 1.16 bits per heavy atom. The van der Waals surface area contributed by atoms with Gasteiger partial charge in [0, 0.05) is 35.1 Å². The molecule has 4 rings (SSSR count). The van der Waals surface area contributed by atoms with Crippen molar-refractivity contribution in [3.63, 3.8) is 0 Å². The van der Waals surface area contributed by atoms with Crippen LogP contribution in [0.1, 0.15) is 30.0 Å². The van der Waals surface area contributed by atoms with E-state index in [1.165, 1.54) is 0 Å². The Morgan fingerprint density at radius 2 is 1.94 bits per heavy atom. The molecule has 2 aromatic carbocycles. The first-order chi connectivity index (χ1) is 15.0. The molecule has 0 fully saturated rings. The van der Waals surface area contributed by atoms with Gasteiger partial charge < -0.3 is 23.4 Å². The van der Waals surface area contributed by atoms with Crippen LogP contribution in [0.2, 0.25) is 5.02 Å². The molecule has 0 saturated heterocycles. The molecule has 0 amide bonds. The van der Waals surface area contributed by atoms with Crippen LogP contribution in [0, 0.1) is 6.92 Å². The SMILES string of the molecule is CCOC(=O)CCc1c(C)c2ccc(OCc3cc4c(cc3Cl)OCO4)cc2oc1=O. The zero-order valence-corrected chi connectivity index (χ0v) is 17.9. The number of benzene rings is 2. The van der Waals surface area contributed by atoms with E-state index in [0.717, 1.165) is 16.5 Å². The number of rotatable bonds is 7. The summed E-state index contributed by atoms with van der Waals surface area (Å²) in [4.78, 5) is 24.1. The van der Waals surface area contributed by atoms with Gasteiger partial charge in [0.05, 0.1) is 11.6 Å². The highest BCUT2D eigenvalue weighted by Crippen LogP contribution is 2.37. The molecule has 1 aromatic heterocycles. The molecule has 1 aliphatic rings. The molecule has 7 nitrogen and oxygen atoms in total. The third-order valence-electron chi connectivity index (χ3n) is 5.08. The molecule has 0 N–H and O–H groups in total. The molecule has 3 aromatic rings. The summed E-state index contributed by atoms with van der Waals surface area (Å²) in [6.07, 6.45) is 0.395. The summed E-state index contributed by atoms with van der Waals surface area (Å²) >= 11 is 6.29. The minimum atomic E-state index is -0.467. The summed E-state index contributed by atoms with van der Waals surface area (Å²) in [7, 11) is 0. The molecule has 31 heavy (non-hydrogen) atoms. The maximum atomic E-state index is 12.5. The molecule has 2 heterocycles. The van der Waals surface area contributed by atoms with Crippen molar-refractivity contribution in [3.8, 4) is 17.2 Å². The lowest BCUT2D eigenvalue weighted by molar-refractivity contribution is -0.143. The molecule has 0 saturated carbocycles. The van der Waals surface area contributed by atoms with Crippen LogP contribution in [-0.4, -0.2) is 19.4 Å². The average Bonchev–Trinajstić information content (AvgIpc) is 3.19. The lowest BCUT2D eigenvalue weighted by Crippen LogP contribution is -2.13. The van der Waals surface area contributed by atoms with Crippen LogP contribution in [0.5, 0.6) is 17.2 Å². The second-order valence-corrected chi connectivity index (χ2v) is 7.45. The Hall–Kier alpha value is -3.19. The second kappa shape index (κ2) is 8.89. The molecule has 0 aliphatic carbocycles. The number of carbonyl (C=O) groups is 1. The third-order valence-corrected chi connectivity index (χ3v) is 5.43. The van der Waals surface area contributed by atoms with Gasteiger partial charge in [-0.15, -0.1) is 0 Å². The molecule has 0 bridgehead atoms. The van der Waals surface area contributed by atoms with Crippen LogP contribution >= 0.6 is 11.6 Å². The topological polar surface area (TPSA) is 84.2 Å². The van der Waals surface area contributed by atoms with E-state index in [4.69, 9.17) is 35.0 Å². The van der Waals surface area contributed by atoms with Crippen LogP contribution in [0.25, 0.3) is 11.0 Å². The van der Waals surface area contributed by atoms with Gasteiger partial charge in [-0.3, -0.25) is 4.79 Å². The molecule has 0 radical (unpaired) electrons. The van der Waals surface area contributed by atoms with Gasteiger partial charge in [0.1, 0.15) is 17.9 Å². The van der Waals surface area contributed by atoms with E-state index in [0.29, 0.717) is 40.0 Å². The number of fused-ring (bicyclic) bond motifs is 2. The van der Waals surface area contributed by atoms with Crippen LogP contribution < -0.4 is 19.8 Å². The summed E-state index contributed by atoms with van der Waals surface area (Å²) in [6, 6.07) is 8.78. The van der Waals surface area contributed by atoms with E-state index in [9.17, 15) is 9.59 Å². The van der Waals surface area contributed by atoms with Crippen molar-refractivity contribution in [2.75, 3.05) is 13.4 Å². The van der Waals surface area contributed by atoms with Gasteiger partial charge in [0.25, 0.3) is 0 Å². The highest BCUT2D eigenvalue weighted by Gasteiger charge is 2.17.